The normalized spacial score (nSPS) is 13.2. The molecule has 0 saturated carbocycles. The monoisotopic (exact) mass is 584 g/mol. The minimum Gasteiger partial charge on any atom is -0.755 e. The smallest absolute Gasteiger partial charge is 0.407 e. The van der Waals surface area contributed by atoms with Gasteiger partial charge in [-0.25, -0.2) is 14.8 Å². The number of methoxy groups -OCH3 is 1. The molecule has 2 aromatic carbocycles. The number of thiazole rings is 2. The van der Waals surface area contributed by atoms with Crippen LogP contribution in [0.1, 0.15) is 27.9 Å². The molecular formula is C26H26N5O5S3-. The highest BCUT2D eigenvalue weighted by molar-refractivity contribution is 7.80. The van der Waals surface area contributed by atoms with Crippen LogP contribution in [0.25, 0.3) is 10.7 Å². The number of carbonyl (C=O) groups excluding carboxylic acids is 2. The standard InChI is InChI=1S/C26H27N5O5S3/c1-16-27-23(15-37-16)25-29-22(14-38-25)20(12-18-8-10-19(11-9-18)31-39(34)35)28-24(32)21(30-26(33)36-2)13-17-6-4-3-5-7-17/h3-11,14-15,20-21,31H,12-13H2,1-2H3,(H,28,32)(H,30,33)(H,34,35)/p-1/t20-,21-/m0/s1. The summed E-state index contributed by atoms with van der Waals surface area (Å²) in [7, 11) is 1.24. The van der Waals surface area contributed by atoms with Crippen LogP contribution in [-0.4, -0.2) is 43.9 Å². The minimum absolute atomic E-state index is 0.265. The van der Waals surface area contributed by atoms with Gasteiger partial charge in [-0.3, -0.25) is 9.00 Å². The number of carbonyl (C=O) groups is 2. The van der Waals surface area contributed by atoms with Crippen LogP contribution in [0.3, 0.4) is 0 Å². The molecule has 2 aromatic heterocycles. The maximum absolute atomic E-state index is 13.5. The summed E-state index contributed by atoms with van der Waals surface area (Å²) in [5.74, 6) is -0.395. The Bertz CT molecular complexity index is 1430. The van der Waals surface area contributed by atoms with Gasteiger partial charge in [-0.1, -0.05) is 42.5 Å². The first kappa shape index (κ1) is 28.4. The Morgan fingerprint density at radius 3 is 2.33 bits per heavy atom. The van der Waals surface area contributed by atoms with Gasteiger partial charge in [-0.2, -0.15) is 0 Å². The van der Waals surface area contributed by atoms with Crippen molar-refractivity contribution in [1.82, 2.24) is 20.6 Å². The Balaban J connectivity index is 1.59. The van der Waals surface area contributed by atoms with Crippen molar-refractivity contribution in [3.8, 4) is 10.7 Å². The lowest BCUT2D eigenvalue weighted by molar-refractivity contribution is -0.123. The van der Waals surface area contributed by atoms with Crippen molar-refractivity contribution in [3.63, 3.8) is 0 Å². The number of aromatic nitrogens is 2. The number of hydrogen-bond donors (Lipinski definition) is 3. The van der Waals surface area contributed by atoms with E-state index in [-0.39, 0.29) is 6.42 Å². The predicted molar refractivity (Wildman–Crippen MR) is 151 cm³/mol. The van der Waals surface area contributed by atoms with E-state index >= 15 is 0 Å². The second-order valence-corrected chi connectivity index (χ2v) is 11.1. The van der Waals surface area contributed by atoms with E-state index in [0.29, 0.717) is 17.8 Å². The maximum atomic E-state index is 13.5. The van der Waals surface area contributed by atoms with Gasteiger partial charge >= 0.3 is 6.09 Å². The highest BCUT2D eigenvalue weighted by Gasteiger charge is 2.26. The first-order chi connectivity index (χ1) is 18.8. The molecule has 0 bridgehead atoms. The summed E-state index contributed by atoms with van der Waals surface area (Å²) in [5, 5.41) is 11.2. The number of hydrogen-bond acceptors (Lipinski definition) is 9. The van der Waals surface area contributed by atoms with Crippen LogP contribution in [0, 0.1) is 6.92 Å². The van der Waals surface area contributed by atoms with Crippen LogP contribution >= 0.6 is 22.7 Å². The zero-order valence-corrected chi connectivity index (χ0v) is 23.5. The maximum Gasteiger partial charge on any atom is 0.407 e. The molecule has 0 fully saturated rings. The third kappa shape index (κ3) is 8.17. The zero-order chi connectivity index (χ0) is 27.8. The van der Waals surface area contributed by atoms with Gasteiger partial charge in [-0.15, -0.1) is 22.7 Å². The second-order valence-electron chi connectivity index (χ2n) is 8.51. The van der Waals surface area contributed by atoms with E-state index < -0.39 is 35.4 Å². The van der Waals surface area contributed by atoms with E-state index in [1.165, 1.54) is 29.8 Å². The lowest BCUT2D eigenvalue weighted by Gasteiger charge is -2.23. The first-order valence-corrected chi connectivity index (χ1v) is 14.7. The number of anilines is 1. The third-order valence-electron chi connectivity index (χ3n) is 5.71. The van der Waals surface area contributed by atoms with Crippen molar-refractivity contribution in [2.75, 3.05) is 11.8 Å². The highest BCUT2D eigenvalue weighted by Crippen LogP contribution is 2.29. The molecule has 0 spiro atoms. The van der Waals surface area contributed by atoms with E-state index in [4.69, 9.17) is 9.72 Å². The average Bonchev–Trinajstić information content (AvgIpc) is 3.58. The Labute approximate surface area is 236 Å². The minimum atomic E-state index is -2.43. The van der Waals surface area contributed by atoms with Crippen molar-refractivity contribution in [2.45, 2.75) is 31.8 Å². The molecule has 0 aliphatic carbocycles. The van der Waals surface area contributed by atoms with E-state index in [9.17, 15) is 18.4 Å². The molecule has 0 aliphatic rings. The molecule has 2 amide bonds. The summed E-state index contributed by atoms with van der Waals surface area (Å²) in [4.78, 5) is 34.9. The summed E-state index contributed by atoms with van der Waals surface area (Å²) in [5.41, 5.74) is 3.57. The molecule has 3 atom stereocenters. The molecule has 204 valence electrons. The number of nitrogens with zero attached hydrogens (tertiary/aromatic N) is 2. The van der Waals surface area contributed by atoms with Gasteiger partial charge in [0.2, 0.25) is 5.91 Å². The molecule has 0 saturated heterocycles. The molecule has 10 nitrogen and oxygen atoms in total. The van der Waals surface area contributed by atoms with E-state index in [0.717, 1.165) is 26.8 Å². The van der Waals surface area contributed by atoms with Crippen LogP contribution in [0.4, 0.5) is 10.5 Å². The lowest BCUT2D eigenvalue weighted by atomic mass is 10.0. The van der Waals surface area contributed by atoms with Gasteiger partial charge in [0, 0.05) is 34.1 Å². The van der Waals surface area contributed by atoms with Crippen LogP contribution < -0.4 is 15.4 Å². The summed E-state index contributed by atoms with van der Waals surface area (Å²) >= 11 is 0.533. The summed E-state index contributed by atoms with van der Waals surface area (Å²) in [6.45, 7) is 1.92. The molecule has 39 heavy (non-hydrogen) atoms. The van der Waals surface area contributed by atoms with Crippen molar-refractivity contribution in [1.29, 1.82) is 0 Å². The van der Waals surface area contributed by atoms with Crippen LogP contribution in [-0.2, 0) is 33.6 Å². The summed E-state index contributed by atoms with van der Waals surface area (Å²) in [6.07, 6.45) is -0.0692. The second kappa shape index (κ2) is 13.4. The van der Waals surface area contributed by atoms with Gasteiger partial charge in [0.05, 0.1) is 23.9 Å². The number of alkyl carbamates (subject to hydrolysis) is 1. The first-order valence-electron chi connectivity index (χ1n) is 11.8. The quantitative estimate of drug-likeness (QED) is 0.225. The van der Waals surface area contributed by atoms with Crippen molar-refractivity contribution >= 4 is 51.6 Å². The molecule has 0 radical (unpaired) electrons. The predicted octanol–water partition coefficient (Wildman–Crippen LogP) is 4.15. The fourth-order valence-electron chi connectivity index (χ4n) is 3.83. The summed E-state index contributed by atoms with van der Waals surface area (Å²) < 4.78 is 28.9. The summed E-state index contributed by atoms with van der Waals surface area (Å²) in [6, 6.07) is 14.8. The topological polar surface area (TPSA) is 145 Å². The van der Waals surface area contributed by atoms with Gasteiger partial charge < -0.3 is 24.6 Å². The van der Waals surface area contributed by atoms with E-state index in [1.54, 1.807) is 24.3 Å². The van der Waals surface area contributed by atoms with E-state index in [2.05, 4.69) is 20.3 Å². The molecule has 4 rings (SSSR count). The number of ether oxygens (including phenoxy) is 1. The van der Waals surface area contributed by atoms with Crippen molar-refractivity contribution < 1.29 is 23.1 Å². The average molecular weight is 585 g/mol. The van der Waals surface area contributed by atoms with E-state index in [1.807, 2.05) is 48.0 Å². The highest BCUT2D eigenvalue weighted by atomic mass is 32.2. The van der Waals surface area contributed by atoms with Gasteiger partial charge in [0.1, 0.15) is 16.7 Å². The molecule has 1 unspecified atom stereocenters. The fourth-order valence-corrected chi connectivity index (χ4v) is 5.66. The number of rotatable bonds is 11. The molecule has 0 aliphatic heterocycles. The molecular weight excluding hydrogens is 559 g/mol. The van der Waals surface area contributed by atoms with Gasteiger partial charge in [-0.05, 0) is 36.6 Å². The molecule has 3 N–H and O–H groups in total. The third-order valence-corrected chi connectivity index (χ3v) is 7.76. The van der Waals surface area contributed by atoms with Gasteiger partial charge in [0.25, 0.3) is 0 Å². The molecule has 13 heteroatoms. The van der Waals surface area contributed by atoms with Gasteiger partial charge in [0.15, 0.2) is 0 Å². The van der Waals surface area contributed by atoms with Crippen molar-refractivity contribution in [3.05, 3.63) is 87.2 Å². The van der Waals surface area contributed by atoms with Crippen molar-refractivity contribution in [2.24, 2.45) is 0 Å². The Hall–Kier alpha value is -3.65. The Morgan fingerprint density at radius 2 is 1.69 bits per heavy atom. The Kier molecular flexibility index (Phi) is 9.76. The lowest BCUT2D eigenvalue weighted by Crippen LogP contribution is -2.49. The molecule has 2 heterocycles. The van der Waals surface area contributed by atoms with Crippen LogP contribution in [0.5, 0.6) is 0 Å². The fraction of sp³-hybridized carbons (Fsp3) is 0.231. The van der Waals surface area contributed by atoms with Crippen LogP contribution in [0.15, 0.2) is 65.4 Å². The number of amides is 2. The number of nitrogens with one attached hydrogen (secondary N) is 3. The number of aryl methyl sites for hydroxylation is 1. The Morgan fingerprint density at radius 1 is 0.974 bits per heavy atom. The SMILES string of the molecule is COC(=O)N[C@@H](Cc1ccccc1)C(=O)N[C@@H](Cc1ccc(NS(=O)[O-])cc1)c1csc(-c2csc(C)n2)n1. The number of benzene rings is 2. The molecule has 4 aromatic rings. The zero-order valence-electron chi connectivity index (χ0n) is 21.1. The van der Waals surface area contributed by atoms with Crippen LogP contribution in [0.2, 0.25) is 0 Å². The largest absolute Gasteiger partial charge is 0.755 e.